The van der Waals surface area contributed by atoms with Crippen molar-refractivity contribution in [3.05, 3.63) is 137 Å². The zero-order chi connectivity index (χ0) is 31.0. The molecule has 0 amide bonds. The number of rotatable bonds is 19. The molecule has 44 heavy (non-hydrogen) atoms. The summed E-state index contributed by atoms with van der Waals surface area (Å²) in [5, 5.41) is 14.6. The van der Waals surface area contributed by atoms with Crippen molar-refractivity contribution in [2.24, 2.45) is 11.5 Å². The highest BCUT2D eigenvalue weighted by molar-refractivity contribution is 5.94. The normalized spacial score (nSPS) is 10.8. The van der Waals surface area contributed by atoms with E-state index in [0.29, 0.717) is 24.5 Å². The maximum absolute atomic E-state index is 7.46. The van der Waals surface area contributed by atoms with E-state index in [0.717, 1.165) is 54.4 Å². The lowest BCUT2D eigenvalue weighted by molar-refractivity contribution is 0.306. The van der Waals surface area contributed by atoms with E-state index in [1.165, 1.54) is 36.8 Å². The van der Waals surface area contributed by atoms with Crippen LogP contribution in [0.1, 0.15) is 59.1 Å². The second-order valence-electron chi connectivity index (χ2n) is 11.0. The molecule has 7 heteroatoms. The van der Waals surface area contributed by atoms with Crippen molar-refractivity contribution in [1.82, 2.24) is 10.6 Å². The van der Waals surface area contributed by atoms with Gasteiger partial charge in [0, 0.05) is 24.4 Å². The molecule has 0 spiro atoms. The summed E-state index contributed by atoms with van der Waals surface area (Å²) in [7, 11) is 0. The van der Waals surface area contributed by atoms with Gasteiger partial charge in [0.05, 0.1) is 0 Å². The predicted octanol–water partition coefficient (Wildman–Crippen LogP) is 6.50. The van der Waals surface area contributed by atoms with Gasteiger partial charge in [0.2, 0.25) is 0 Å². The standard InChI is InChI=1S/C37H45N5O2/c1-28(38)33-14-18-35(19-15-33)43-26-31-10-6-29(7-11-31)24-41-22-4-2-3-5-23-42-25-30-8-12-32(13-9-30)27-44-36-20-16-34(17-21-36)37(39)40/h6-21,41-42H,1-5,22-27,38H2,(H3,39,40). The molecule has 4 rings (SSSR count). The largest absolute Gasteiger partial charge is 0.489 e. The molecule has 7 nitrogen and oxygen atoms in total. The fraction of sp³-hybridized carbons (Fsp3) is 0.270. The lowest BCUT2D eigenvalue weighted by Crippen LogP contribution is -2.16. The van der Waals surface area contributed by atoms with E-state index >= 15 is 0 Å². The highest BCUT2D eigenvalue weighted by Gasteiger charge is 2.02. The van der Waals surface area contributed by atoms with Gasteiger partial charge in [-0.15, -0.1) is 0 Å². The zero-order valence-electron chi connectivity index (χ0n) is 25.5. The third kappa shape index (κ3) is 11.2. The molecule has 7 N–H and O–H groups in total. The molecular weight excluding hydrogens is 546 g/mol. The van der Waals surface area contributed by atoms with Crippen LogP contribution in [0.2, 0.25) is 0 Å². The van der Waals surface area contributed by atoms with Crippen LogP contribution >= 0.6 is 0 Å². The highest BCUT2D eigenvalue weighted by atomic mass is 16.5. The SMILES string of the molecule is C=C(N)c1ccc(OCc2ccc(CNCCCCCCNCc3ccc(COc4ccc(C(=N)N)cc4)cc3)cc2)cc1. The summed E-state index contributed by atoms with van der Waals surface area (Å²) in [4.78, 5) is 0. The van der Waals surface area contributed by atoms with Gasteiger partial charge in [-0.2, -0.15) is 0 Å². The number of hydrogen-bond acceptors (Lipinski definition) is 6. The van der Waals surface area contributed by atoms with E-state index in [1.807, 2.05) is 36.4 Å². The Morgan fingerprint density at radius 3 is 1.32 bits per heavy atom. The maximum atomic E-state index is 7.46. The van der Waals surface area contributed by atoms with Crippen molar-refractivity contribution < 1.29 is 9.47 Å². The number of nitrogens with one attached hydrogen (secondary N) is 3. The molecule has 0 bridgehead atoms. The molecular formula is C37H45N5O2. The monoisotopic (exact) mass is 591 g/mol. The van der Waals surface area contributed by atoms with Gasteiger partial charge in [-0.05, 0) is 102 Å². The molecule has 0 aliphatic carbocycles. The quantitative estimate of drug-likeness (QED) is 0.0483. The van der Waals surface area contributed by atoms with E-state index in [4.69, 9.17) is 26.4 Å². The topological polar surface area (TPSA) is 118 Å². The molecule has 0 aromatic heterocycles. The van der Waals surface area contributed by atoms with Crippen molar-refractivity contribution in [3.8, 4) is 11.5 Å². The summed E-state index contributed by atoms with van der Waals surface area (Å²) >= 11 is 0. The first-order valence-electron chi connectivity index (χ1n) is 15.3. The van der Waals surface area contributed by atoms with Crippen LogP contribution in [0.15, 0.2) is 104 Å². The van der Waals surface area contributed by atoms with Gasteiger partial charge < -0.3 is 31.6 Å². The summed E-state index contributed by atoms with van der Waals surface area (Å²) in [6, 6.07) is 32.1. The summed E-state index contributed by atoms with van der Waals surface area (Å²) in [5.41, 5.74) is 18.2. The fourth-order valence-electron chi connectivity index (χ4n) is 4.65. The van der Waals surface area contributed by atoms with Gasteiger partial charge in [0.25, 0.3) is 0 Å². The first-order chi connectivity index (χ1) is 21.5. The molecule has 0 saturated carbocycles. The second kappa shape index (κ2) is 17.5. The molecule has 0 fully saturated rings. The minimum Gasteiger partial charge on any atom is -0.489 e. The molecule has 0 heterocycles. The molecule has 4 aromatic carbocycles. The number of amidine groups is 1. The average molecular weight is 592 g/mol. The van der Waals surface area contributed by atoms with E-state index in [-0.39, 0.29) is 5.84 Å². The Labute approximate surface area is 261 Å². The molecule has 230 valence electrons. The third-order valence-electron chi connectivity index (χ3n) is 7.36. The van der Waals surface area contributed by atoms with Crippen LogP contribution in [0.25, 0.3) is 5.70 Å². The molecule has 0 aliphatic rings. The van der Waals surface area contributed by atoms with Crippen molar-refractivity contribution in [2.75, 3.05) is 13.1 Å². The van der Waals surface area contributed by atoms with Crippen molar-refractivity contribution in [3.63, 3.8) is 0 Å². The number of benzene rings is 4. The number of hydrogen-bond donors (Lipinski definition) is 5. The number of ether oxygens (including phenoxy) is 2. The molecule has 0 atom stereocenters. The molecule has 0 unspecified atom stereocenters. The van der Waals surface area contributed by atoms with Crippen LogP contribution in [0.5, 0.6) is 11.5 Å². The van der Waals surface area contributed by atoms with Gasteiger partial charge in [0.1, 0.15) is 30.5 Å². The lowest BCUT2D eigenvalue weighted by atomic mass is 10.1. The summed E-state index contributed by atoms with van der Waals surface area (Å²) in [6.07, 6.45) is 4.84. The van der Waals surface area contributed by atoms with E-state index in [9.17, 15) is 0 Å². The highest BCUT2D eigenvalue weighted by Crippen LogP contribution is 2.17. The van der Waals surface area contributed by atoms with Gasteiger partial charge >= 0.3 is 0 Å². The third-order valence-corrected chi connectivity index (χ3v) is 7.36. The molecule has 0 radical (unpaired) electrons. The Hall–Kier alpha value is -4.59. The van der Waals surface area contributed by atoms with Crippen LogP contribution in [0, 0.1) is 5.41 Å². The van der Waals surface area contributed by atoms with E-state index in [1.54, 1.807) is 12.1 Å². The molecule has 4 aromatic rings. The fourth-order valence-corrected chi connectivity index (χ4v) is 4.65. The van der Waals surface area contributed by atoms with Gasteiger partial charge in [-0.3, -0.25) is 5.41 Å². The molecule has 0 saturated heterocycles. The first-order valence-corrected chi connectivity index (χ1v) is 15.3. The number of unbranched alkanes of at least 4 members (excludes halogenated alkanes) is 3. The Kier molecular flexibility index (Phi) is 12.9. The average Bonchev–Trinajstić information content (AvgIpc) is 3.05. The summed E-state index contributed by atoms with van der Waals surface area (Å²) in [6.45, 7) is 8.61. The van der Waals surface area contributed by atoms with Gasteiger partial charge in [-0.25, -0.2) is 0 Å². The van der Waals surface area contributed by atoms with Crippen LogP contribution in [0.3, 0.4) is 0 Å². The predicted molar refractivity (Wildman–Crippen MR) is 181 cm³/mol. The van der Waals surface area contributed by atoms with Crippen LogP contribution in [-0.2, 0) is 26.3 Å². The Bertz CT molecular complexity index is 1320. The van der Waals surface area contributed by atoms with Gasteiger partial charge in [-0.1, -0.05) is 68.0 Å². The van der Waals surface area contributed by atoms with Crippen LogP contribution < -0.4 is 31.6 Å². The number of nitrogens with two attached hydrogens (primary N) is 2. The minimum atomic E-state index is 0.0606. The second-order valence-corrected chi connectivity index (χ2v) is 11.0. The lowest BCUT2D eigenvalue weighted by Gasteiger charge is -2.09. The van der Waals surface area contributed by atoms with Crippen molar-refractivity contribution in [1.29, 1.82) is 5.41 Å². The molecule has 0 aliphatic heterocycles. The Morgan fingerprint density at radius 1 is 0.545 bits per heavy atom. The number of nitrogen functional groups attached to an aromatic ring is 1. The van der Waals surface area contributed by atoms with E-state index < -0.39 is 0 Å². The van der Waals surface area contributed by atoms with Crippen LogP contribution in [-0.4, -0.2) is 18.9 Å². The summed E-state index contributed by atoms with van der Waals surface area (Å²) < 4.78 is 11.7. The summed E-state index contributed by atoms with van der Waals surface area (Å²) in [5.74, 6) is 1.65. The van der Waals surface area contributed by atoms with Crippen LogP contribution in [0.4, 0.5) is 0 Å². The smallest absolute Gasteiger partial charge is 0.122 e. The zero-order valence-corrected chi connectivity index (χ0v) is 25.5. The Balaban J connectivity index is 0.988. The van der Waals surface area contributed by atoms with Crippen molar-refractivity contribution in [2.45, 2.75) is 52.0 Å². The van der Waals surface area contributed by atoms with Crippen molar-refractivity contribution >= 4 is 11.5 Å². The van der Waals surface area contributed by atoms with E-state index in [2.05, 4.69) is 65.7 Å². The van der Waals surface area contributed by atoms with Gasteiger partial charge in [0.15, 0.2) is 0 Å². The minimum absolute atomic E-state index is 0.0606. The Morgan fingerprint density at radius 2 is 0.932 bits per heavy atom. The maximum Gasteiger partial charge on any atom is 0.122 e. The first kappa shape index (κ1) is 32.3.